The molecule has 3 heterocycles. The number of aryl methyl sites for hydroxylation is 2. The molecule has 1 aliphatic rings. The summed E-state index contributed by atoms with van der Waals surface area (Å²) in [7, 11) is 1.63. The number of fused-ring (bicyclic) bond motifs is 1. The fourth-order valence-corrected chi connectivity index (χ4v) is 5.13. The van der Waals surface area contributed by atoms with E-state index < -0.39 is 6.29 Å². The highest BCUT2D eigenvalue weighted by atomic mass is 79.9. The lowest BCUT2D eigenvalue weighted by atomic mass is 10.1. The van der Waals surface area contributed by atoms with Crippen LogP contribution in [0.3, 0.4) is 0 Å². The first-order valence-corrected chi connectivity index (χ1v) is 12.9. The second-order valence-electron chi connectivity index (χ2n) is 7.79. The van der Waals surface area contributed by atoms with Crippen molar-refractivity contribution in [2.24, 2.45) is 0 Å². The molecule has 4 aromatic rings. The first-order valence-electron chi connectivity index (χ1n) is 11.3. The van der Waals surface area contributed by atoms with Crippen molar-refractivity contribution >= 4 is 44.7 Å². The van der Waals surface area contributed by atoms with Crippen molar-refractivity contribution in [3.8, 4) is 11.5 Å². The van der Waals surface area contributed by atoms with Gasteiger partial charge in [0.05, 0.1) is 13.7 Å². The summed E-state index contributed by atoms with van der Waals surface area (Å²) in [6.45, 7) is 3.11. The van der Waals surface area contributed by atoms with Gasteiger partial charge in [-0.3, -0.25) is 0 Å². The van der Waals surface area contributed by atoms with Crippen molar-refractivity contribution in [3.05, 3.63) is 75.7 Å². The fraction of sp³-hybridized carbons (Fsp3) is 0.240. The second-order valence-corrected chi connectivity index (χ2v) is 9.62. The van der Waals surface area contributed by atoms with E-state index in [-0.39, 0.29) is 0 Å². The maximum absolute atomic E-state index is 6.11. The number of halogens is 1. The Hall–Kier alpha value is -3.44. The maximum Gasteiger partial charge on any atom is 0.268 e. The van der Waals surface area contributed by atoms with Crippen LogP contribution < -0.4 is 15.2 Å². The maximum atomic E-state index is 6.11. The standard InChI is InChI=1S/C25H24BrN5O4S/c1-3-33-19-12-15(8-9-18(19)32-2)10-11-31-23-21(22(27)28-14-29-23)30-25(31)36-20-13-34-24(35-20)16-6-4-5-7-17(16)26/h4-9,12-14,24H,3,10-11H2,1-2H3,(H2,27,28,29). The van der Waals surface area contributed by atoms with Crippen LogP contribution in [-0.2, 0) is 22.4 Å². The van der Waals surface area contributed by atoms with Gasteiger partial charge in [0.25, 0.3) is 6.29 Å². The topological polar surface area (TPSA) is 107 Å². The Balaban J connectivity index is 1.39. The predicted molar refractivity (Wildman–Crippen MR) is 141 cm³/mol. The van der Waals surface area contributed by atoms with Crippen molar-refractivity contribution in [2.75, 3.05) is 19.5 Å². The number of nitrogen functional groups attached to an aromatic ring is 1. The molecule has 0 bridgehead atoms. The molecule has 9 nitrogen and oxygen atoms in total. The van der Waals surface area contributed by atoms with E-state index in [1.165, 1.54) is 18.1 Å². The number of nitrogens with zero attached hydrogens (tertiary/aromatic N) is 4. The molecule has 0 amide bonds. The molecule has 2 N–H and O–H groups in total. The third-order valence-electron chi connectivity index (χ3n) is 5.54. The van der Waals surface area contributed by atoms with Crippen molar-refractivity contribution < 1.29 is 18.9 Å². The predicted octanol–water partition coefficient (Wildman–Crippen LogP) is 5.46. The zero-order valence-electron chi connectivity index (χ0n) is 19.7. The van der Waals surface area contributed by atoms with Crippen molar-refractivity contribution in [3.63, 3.8) is 0 Å². The summed E-state index contributed by atoms with van der Waals surface area (Å²) < 4.78 is 25.9. The zero-order chi connectivity index (χ0) is 25.1. The van der Waals surface area contributed by atoms with Gasteiger partial charge in [-0.2, -0.15) is 0 Å². The number of nitrogens with two attached hydrogens (primary N) is 1. The van der Waals surface area contributed by atoms with Crippen molar-refractivity contribution in [1.29, 1.82) is 0 Å². The van der Waals surface area contributed by atoms with Crippen LogP contribution in [-0.4, -0.2) is 33.2 Å². The number of hydrogen-bond donors (Lipinski definition) is 1. The molecule has 36 heavy (non-hydrogen) atoms. The Morgan fingerprint density at radius 2 is 2.03 bits per heavy atom. The van der Waals surface area contributed by atoms with Gasteiger partial charge in [0.1, 0.15) is 12.6 Å². The van der Waals surface area contributed by atoms with Crippen LogP contribution in [0.5, 0.6) is 11.5 Å². The van der Waals surface area contributed by atoms with Gasteiger partial charge < -0.3 is 29.2 Å². The molecule has 0 radical (unpaired) electrons. The van der Waals surface area contributed by atoms with Gasteiger partial charge in [-0.05, 0) is 48.9 Å². The highest BCUT2D eigenvalue weighted by Crippen LogP contribution is 2.40. The highest BCUT2D eigenvalue weighted by molar-refractivity contribution is 9.10. The van der Waals surface area contributed by atoms with E-state index in [2.05, 4.69) is 25.9 Å². The molecule has 0 aliphatic carbocycles. The Morgan fingerprint density at radius 3 is 2.83 bits per heavy atom. The number of aromatic nitrogens is 4. The lowest BCUT2D eigenvalue weighted by Gasteiger charge is -2.14. The number of rotatable bonds is 9. The summed E-state index contributed by atoms with van der Waals surface area (Å²) in [5.41, 5.74) is 9.31. The fourth-order valence-electron chi connectivity index (χ4n) is 3.82. The third kappa shape index (κ3) is 4.93. The van der Waals surface area contributed by atoms with Gasteiger partial charge in [-0.1, -0.05) is 40.2 Å². The van der Waals surface area contributed by atoms with Crippen molar-refractivity contribution in [1.82, 2.24) is 19.5 Å². The SMILES string of the molecule is CCOc1cc(CCn2c(SC3=COC(c4ccccc4Br)O3)nc3c(N)ncnc32)ccc1OC. The smallest absolute Gasteiger partial charge is 0.268 e. The minimum Gasteiger partial charge on any atom is -0.493 e. The third-order valence-corrected chi connectivity index (χ3v) is 7.15. The number of ether oxygens (including phenoxy) is 4. The number of methoxy groups -OCH3 is 1. The summed E-state index contributed by atoms with van der Waals surface area (Å²) in [4.78, 5) is 13.3. The lowest BCUT2D eigenvalue weighted by molar-refractivity contribution is -0.0278. The number of imidazole rings is 1. The minimum absolute atomic E-state index is 0.326. The van der Waals surface area contributed by atoms with E-state index in [1.807, 2.05) is 54.0 Å². The normalized spacial score (nSPS) is 14.9. The van der Waals surface area contributed by atoms with Crippen LogP contribution in [0, 0.1) is 0 Å². The van der Waals surface area contributed by atoms with Gasteiger partial charge in [-0.15, -0.1) is 0 Å². The zero-order valence-corrected chi connectivity index (χ0v) is 22.1. The molecule has 2 aromatic carbocycles. The highest BCUT2D eigenvalue weighted by Gasteiger charge is 2.26. The van der Waals surface area contributed by atoms with E-state index in [1.54, 1.807) is 13.4 Å². The average molecular weight is 570 g/mol. The van der Waals surface area contributed by atoms with E-state index in [0.29, 0.717) is 58.3 Å². The van der Waals surface area contributed by atoms with E-state index in [0.717, 1.165) is 15.6 Å². The second kappa shape index (κ2) is 10.7. The molecule has 11 heteroatoms. The summed E-state index contributed by atoms with van der Waals surface area (Å²) in [6, 6.07) is 13.7. The van der Waals surface area contributed by atoms with E-state index in [4.69, 9.17) is 29.7 Å². The number of thioether (sulfide) groups is 1. The molecule has 1 aliphatic heterocycles. The van der Waals surface area contributed by atoms with Gasteiger partial charge in [0.2, 0.25) is 5.09 Å². The molecule has 1 unspecified atom stereocenters. The van der Waals surface area contributed by atoms with Gasteiger partial charge in [0.15, 0.2) is 33.6 Å². The number of hydrogen-bond acceptors (Lipinski definition) is 9. The summed E-state index contributed by atoms with van der Waals surface area (Å²) in [6.07, 6.45) is 3.22. The van der Waals surface area contributed by atoms with E-state index in [9.17, 15) is 0 Å². The molecule has 186 valence electrons. The quantitative estimate of drug-likeness (QED) is 0.281. The van der Waals surface area contributed by atoms with E-state index >= 15 is 0 Å². The summed E-state index contributed by atoms with van der Waals surface area (Å²) in [5, 5.41) is 1.26. The molecule has 0 saturated carbocycles. The van der Waals surface area contributed by atoms with Gasteiger partial charge in [0, 0.05) is 16.6 Å². The molecular weight excluding hydrogens is 546 g/mol. The van der Waals surface area contributed by atoms with Crippen LogP contribution in [0.1, 0.15) is 24.3 Å². The lowest BCUT2D eigenvalue weighted by Crippen LogP contribution is -2.05. The minimum atomic E-state index is -0.540. The van der Waals surface area contributed by atoms with Crippen LogP contribution in [0.2, 0.25) is 0 Å². The average Bonchev–Trinajstić information content (AvgIpc) is 3.49. The molecule has 5 rings (SSSR count). The first kappa shape index (κ1) is 24.3. The first-order chi connectivity index (χ1) is 17.6. The van der Waals surface area contributed by atoms with Crippen LogP contribution >= 0.6 is 27.7 Å². The Labute approximate surface area is 220 Å². The van der Waals surface area contributed by atoms with Crippen LogP contribution in [0.15, 0.2) is 69.8 Å². The Morgan fingerprint density at radius 1 is 1.17 bits per heavy atom. The Kier molecular flexibility index (Phi) is 7.19. The monoisotopic (exact) mass is 569 g/mol. The molecule has 0 saturated heterocycles. The molecule has 0 spiro atoms. The number of benzene rings is 2. The van der Waals surface area contributed by atoms with Crippen molar-refractivity contribution in [2.45, 2.75) is 31.3 Å². The molecule has 1 atom stereocenters. The molecular formula is C25H24BrN5O4S. The summed E-state index contributed by atoms with van der Waals surface area (Å²) in [5.74, 6) is 1.75. The van der Waals surface area contributed by atoms with Crippen LogP contribution in [0.25, 0.3) is 11.2 Å². The van der Waals surface area contributed by atoms with Gasteiger partial charge in [-0.25, -0.2) is 15.0 Å². The molecule has 0 fully saturated rings. The van der Waals surface area contributed by atoms with Crippen LogP contribution in [0.4, 0.5) is 5.82 Å². The molecule has 2 aromatic heterocycles. The largest absolute Gasteiger partial charge is 0.493 e. The Bertz CT molecular complexity index is 1430. The summed E-state index contributed by atoms with van der Waals surface area (Å²) >= 11 is 4.90. The van der Waals surface area contributed by atoms with Gasteiger partial charge >= 0.3 is 0 Å². The number of anilines is 1.